The third-order valence-electron chi connectivity index (χ3n) is 6.81. The van der Waals surface area contributed by atoms with E-state index >= 15 is 0 Å². The summed E-state index contributed by atoms with van der Waals surface area (Å²) in [6, 6.07) is 2.64. The van der Waals surface area contributed by atoms with Crippen molar-refractivity contribution in [3.05, 3.63) is 52.3 Å². The van der Waals surface area contributed by atoms with E-state index in [1.807, 2.05) is 20.0 Å². The lowest BCUT2D eigenvalue weighted by atomic mass is 9.81. The minimum Gasteiger partial charge on any atom is -0.474 e. The van der Waals surface area contributed by atoms with Gasteiger partial charge in [-0.05, 0) is 57.6 Å². The van der Waals surface area contributed by atoms with Gasteiger partial charge >= 0.3 is 0 Å². The first-order chi connectivity index (χ1) is 16.8. The number of hydrogen-bond donors (Lipinski definition) is 2. The van der Waals surface area contributed by atoms with Gasteiger partial charge in [-0.1, -0.05) is 0 Å². The SMILES string of the molecule is CC(C)Oc1nc2nc([C@H]3CC[C@H](CO)CC3)cn2cc1C(=O)Nc1cccn([C@H]2C[C@H]2F)c1=O. The van der Waals surface area contributed by atoms with Crippen LogP contribution in [0.1, 0.15) is 74.0 Å². The van der Waals surface area contributed by atoms with Crippen molar-refractivity contribution in [2.75, 3.05) is 11.9 Å². The number of nitrogens with zero attached hydrogens (tertiary/aromatic N) is 4. The Kier molecular flexibility index (Phi) is 6.31. The van der Waals surface area contributed by atoms with Crippen LogP contribution in [-0.2, 0) is 0 Å². The molecule has 0 saturated heterocycles. The van der Waals surface area contributed by atoms with Crippen LogP contribution in [0.25, 0.3) is 5.78 Å². The van der Waals surface area contributed by atoms with Gasteiger partial charge in [-0.15, -0.1) is 0 Å². The highest BCUT2D eigenvalue weighted by Gasteiger charge is 2.40. The monoisotopic (exact) mass is 483 g/mol. The first-order valence-electron chi connectivity index (χ1n) is 12.2. The molecule has 0 spiro atoms. The van der Waals surface area contributed by atoms with Crippen molar-refractivity contribution in [3.63, 3.8) is 0 Å². The fourth-order valence-corrected chi connectivity index (χ4v) is 4.73. The Labute approximate surface area is 202 Å². The average Bonchev–Trinajstić information content (AvgIpc) is 3.41. The van der Waals surface area contributed by atoms with Gasteiger partial charge in [-0.3, -0.25) is 14.0 Å². The van der Waals surface area contributed by atoms with E-state index in [-0.39, 0.29) is 35.8 Å². The molecule has 0 radical (unpaired) electrons. The van der Waals surface area contributed by atoms with Gasteiger partial charge in [0.05, 0.1) is 17.8 Å². The highest BCUT2D eigenvalue weighted by molar-refractivity contribution is 6.05. The molecule has 0 aliphatic heterocycles. The van der Waals surface area contributed by atoms with E-state index in [0.717, 1.165) is 31.4 Å². The number of amides is 1. The maximum Gasteiger partial charge on any atom is 0.274 e. The number of carbonyl (C=O) groups excluding carboxylic acids is 1. The third-order valence-corrected chi connectivity index (χ3v) is 6.81. The van der Waals surface area contributed by atoms with Crippen molar-refractivity contribution in [3.8, 4) is 5.88 Å². The Morgan fingerprint density at radius 2 is 2.00 bits per heavy atom. The lowest BCUT2D eigenvalue weighted by molar-refractivity contribution is 0.101. The van der Waals surface area contributed by atoms with Crippen LogP contribution in [0.5, 0.6) is 5.88 Å². The molecule has 2 atom stereocenters. The molecule has 3 aromatic heterocycles. The number of aromatic nitrogens is 4. The maximum absolute atomic E-state index is 13.5. The van der Waals surface area contributed by atoms with Crippen molar-refractivity contribution in [1.82, 2.24) is 18.9 Å². The maximum atomic E-state index is 13.5. The summed E-state index contributed by atoms with van der Waals surface area (Å²) < 4.78 is 22.4. The van der Waals surface area contributed by atoms with Gasteiger partial charge in [-0.2, -0.15) is 4.98 Å². The summed E-state index contributed by atoms with van der Waals surface area (Å²) in [6.45, 7) is 3.89. The number of fused-ring (bicyclic) bond motifs is 1. The topological polar surface area (TPSA) is 111 Å². The van der Waals surface area contributed by atoms with Crippen molar-refractivity contribution < 1.29 is 19.0 Å². The number of alkyl halides is 1. The van der Waals surface area contributed by atoms with Crippen molar-refractivity contribution in [1.29, 1.82) is 0 Å². The number of nitrogens with one attached hydrogen (secondary N) is 1. The highest BCUT2D eigenvalue weighted by atomic mass is 19.1. The molecule has 35 heavy (non-hydrogen) atoms. The van der Waals surface area contributed by atoms with E-state index in [4.69, 9.17) is 4.74 Å². The smallest absolute Gasteiger partial charge is 0.274 e. The van der Waals surface area contributed by atoms with Gasteiger partial charge in [0.1, 0.15) is 17.4 Å². The molecule has 0 unspecified atom stereocenters. The normalized spacial score (nSPS) is 24.0. The number of hydrogen-bond acceptors (Lipinski definition) is 6. The van der Waals surface area contributed by atoms with E-state index in [2.05, 4.69) is 15.3 Å². The molecular formula is C25H30FN5O4. The summed E-state index contributed by atoms with van der Waals surface area (Å²) in [4.78, 5) is 35.2. The lowest BCUT2D eigenvalue weighted by Gasteiger charge is -2.25. The van der Waals surface area contributed by atoms with E-state index in [0.29, 0.717) is 18.1 Å². The van der Waals surface area contributed by atoms with Crippen molar-refractivity contribution >= 4 is 17.4 Å². The summed E-state index contributed by atoms with van der Waals surface area (Å²) in [5.74, 6) is 0.641. The van der Waals surface area contributed by atoms with Crippen LogP contribution in [-0.4, -0.2) is 48.8 Å². The molecule has 9 nitrogen and oxygen atoms in total. The summed E-state index contributed by atoms with van der Waals surface area (Å²) >= 11 is 0. The van der Waals surface area contributed by atoms with E-state index in [1.54, 1.807) is 16.7 Å². The molecular weight excluding hydrogens is 453 g/mol. The molecule has 2 aliphatic rings. The fourth-order valence-electron chi connectivity index (χ4n) is 4.73. The number of halogens is 1. The Bertz CT molecular complexity index is 1290. The lowest BCUT2D eigenvalue weighted by Crippen LogP contribution is -2.26. The molecule has 0 bridgehead atoms. The molecule has 1 amide bonds. The number of anilines is 1. The quantitative estimate of drug-likeness (QED) is 0.532. The van der Waals surface area contributed by atoms with Crippen LogP contribution < -0.4 is 15.6 Å². The van der Waals surface area contributed by atoms with Crippen LogP contribution in [0.15, 0.2) is 35.5 Å². The molecule has 186 valence electrons. The number of aliphatic hydroxyl groups is 1. The van der Waals surface area contributed by atoms with Crippen LogP contribution in [0.4, 0.5) is 10.1 Å². The standard InChI is InChI=1S/C25H30FN5O4/c1-14(2)35-23-17(22(33)27-19-4-3-9-31(24(19)34)21-10-18(21)26)11-30-12-20(28-25(30)29-23)16-7-5-15(13-32)6-8-16/h3-4,9,11-12,14-16,18,21,32H,5-8,10,13H2,1-2H3,(H,27,33)/t15-,16-,18-,21+/m1/s1. The van der Waals surface area contributed by atoms with Gasteiger partial charge in [-0.25, -0.2) is 9.37 Å². The first-order valence-corrected chi connectivity index (χ1v) is 12.2. The molecule has 10 heteroatoms. The molecule has 2 fully saturated rings. The minimum absolute atomic E-state index is 0.0687. The second-order valence-electron chi connectivity index (χ2n) is 9.81. The largest absolute Gasteiger partial charge is 0.474 e. The summed E-state index contributed by atoms with van der Waals surface area (Å²) in [6.07, 6.45) is 7.86. The highest BCUT2D eigenvalue weighted by Crippen LogP contribution is 2.38. The Hall–Kier alpha value is -3.27. The van der Waals surface area contributed by atoms with Gasteiger partial charge in [0.15, 0.2) is 0 Å². The summed E-state index contributed by atoms with van der Waals surface area (Å²) in [5.41, 5.74) is 0.691. The Morgan fingerprint density at radius 3 is 2.66 bits per heavy atom. The Balaban J connectivity index is 1.44. The molecule has 3 heterocycles. The number of rotatable bonds is 7. The second kappa shape index (κ2) is 9.41. The molecule has 0 aromatic carbocycles. The number of pyridine rings is 1. The summed E-state index contributed by atoms with van der Waals surface area (Å²) in [7, 11) is 0. The predicted octanol–water partition coefficient (Wildman–Crippen LogP) is 3.48. The van der Waals surface area contributed by atoms with Crippen molar-refractivity contribution in [2.24, 2.45) is 5.92 Å². The number of ether oxygens (including phenoxy) is 1. The van der Waals surface area contributed by atoms with Crippen LogP contribution in [0, 0.1) is 5.92 Å². The predicted molar refractivity (Wildman–Crippen MR) is 128 cm³/mol. The zero-order valence-electron chi connectivity index (χ0n) is 19.9. The zero-order chi connectivity index (χ0) is 24.7. The van der Waals surface area contributed by atoms with Crippen LogP contribution >= 0.6 is 0 Å². The van der Waals surface area contributed by atoms with E-state index in [1.165, 1.54) is 16.8 Å². The van der Waals surface area contributed by atoms with Crippen LogP contribution in [0.2, 0.25) is 0 Å². The van der Waals surface area contributed by atoms with Gasteiger partial charge in [0, 0.05) is 37.5 Å². The molecule has 2 aliphatic carbocycles. The number of imidazole rings is 1. The van der Waals surface area contributed by atoms with Crippen molar-refractivity contribution in [2.45, 2.75) is 70.2 Å². The zero-order valence-corrected chi connectivity index (χ0v) is 19.9. The molecule has 2 saturated carbocycles. The summed E-state index contributed by atoms with van der Waals surface area (Å²) in [5, 5.41) is 12.1. The number of carbonyl (C=O) groups is 1. The first kappa shape index (κ1) is 23.5. The second-order valence-corrected chi connectivity index (χ2v) is 9.81. The Morgan fingerprint density at radius 1 is 1.26 bits per heavy atom. The minimum atomic E-state index is -1.04. The van der Waals surface area contributed by atoms with Gasteiger partial charge in [0.2, 0.25) is 11.7 Å². The van der Waals surface area contributed by atoms with E-state index in [9.17, 15) is 19.1 Å². The number of aliphatic hydroxyl groups excluding tert-OH is 1. The van der Waals surface area contributed by atoms with Gasteiger partial charge < -0.3 is 19.7 Å². The molecule has 2 N–H and O–H groups in total. The average molecular weight is 484 g/mol. The molecule has 5 rings (SSSR count). The fraction of sp³-hybridized carbons (Fsp3) is 0.520. The third kappa shape index (κ3) is 4.80. The van der Waals surface area contributed by atoms with E-state index < -0.39 is 23.7 Å². The molecule has 3 aromatic rings. The van der Waals surface area contributed by atoms with Gasteiger partial charge in [0.25, 0.3) is 11.5 Å². The van der Waals surface area contributed by atoms with Crippen LogP contribution in [0.3, 0.4) is 0 Å².